The number of halogens is 1. The molecular weight excluding hydrogens is 261 g/mol. The molecule has 0 fully saturated rings. The zero-order valence-corrected chi connectivity index (χ0v) is 12.4. The van der Waals surface area contributed by atoms with Gasteiger partial charge >= 0.3 is 6.09 Å². The van der Waals surface area contributed by atoms with Crippen molar-refractivity contribution in [3.8, 4) is 0 Å². The molecule has 1 atom stereocenters. The third-order valence-corrected chi connectivity index (χ3v) is 2.86. The van der Waals surface area contributed by atoms with Gasteiger partial charge in [-0.05, 0) is 44.9 Å². The topological polar surface area (TPSA) is 46.6 Å². The molecule has 1 rings (SSSR count). The molecule has 1 amide bonds. The summed E-state index contributed by atoms with van der Waals surface area (Å²) in [5, 5.41) is 0. The van der Waals surface area contributed by atoms with Crippen molar-refractivity contribution in [2.24, 2.45) is 0 Å². The average molecular weight is 281 g/mol. The fourth-order valence-electron chi connectivity index (χ4n) is 1.77. The molecule has 0 N–H and O–H groups in total. The molecule has 110 valence electrons. The number of amides is 1. The van der Waals surface area contributed by atoms with Gasteiger partial charge in [-0.15, -0.1) is 0 Å². The number of benzene rings is 1. The van der Waals surface area contributed by atoms with Crippen molar-refractivity contribution in [2.45, 2.75) is 39.3 Å². The van der Waals surface area contributed by atoms with Crippen LogP contribution in [-0.2, 0) is 9.53 Å². The van der Waals surface area contributed by atoms with Crippen LogP contribution in [0.5, 0.6) is 0 Å². The summed E-state index contributed by atoms with van der Waals surface area (Å²) in [6.45, 7) is 6.79. The summed E-state index contributed by atoms with van der Waals surface area (Å²) in [6, 6.07) is 3.57. The number of ether oxygens (including phenoxy) is 1. The Hall–Kier alpha value is -1.91. The van der Waals surface area contributed by atoms with E-state index < -0.39 is 23.6 Å². The molecular formula is C15H20FNO3. The molecule has 0 heterocycles. The number of hydrogen-bond acceptors (Lipinski definition) is 3. The third-order valence-electron chi connectivity index (χ3n) is 2.86. The summed E-state index contributed by atoms with van der Waals surface area (Å²) in [6.07, 6.45) is -0.0237. The molecule has 1 aromatic rings. The van der Waals surface area contributed by atoms with E-state index in [4.69, 9.17) is 4.74 Å². The lowest BCUT2D eigenvalue weighted by molar-refractivity contribution is -0.112. The maximum absolute atomic E-state index is 13.6. The first-order chi connectivity index (χ1) is 9.17. The van der Waals surface area contributed by atoms with Crippen LogP contribution in [0.25, 0.3) is 0 Å². The van der Waals surface area contributed by atoms with Crippen LogP contribution in [-0.4, -0.2) is 29.9 Å². The fraction of sp³-hybridized carbons (Fsp3) is 0.467. The Labute approximate surface area is 118 Å². The van der Waals surface area contributed by atoms with Crippen LogP contribution < -0.4 is 0 Å². The summed E-state index contributed by atoms with van der Waals surface area (Å²) in [4.78, 5) is 24.5. The van der Waals surface area contributed by atoms with E-state index in [0.717, 1.165) is 0 Å². The van der Waals surface area contributed by atoms with Crippen molar-refractivity contribution in [3.05, 3.63) is 35.1 Å². The Bertz CT molecular complexity index is 508. The summed E-state index contributed by atoms with van der Waals surface area (Å²) in [5.74, 6) is -0.410. The number of likely N-dealkylation sites (N-methyl/N-ethyl adjacent to an activating group) is 1. The molecule has 1 aromatic carbocycles. The lowest BCUT2D eigenvalue weighted by Gasteiger charge is -2.28. The van der Waals surface area contributed by atoms with E-state index in [1.807, 2.05) is 0 Å². The van der Waals surface area contributed by atoms with Gasteiger partial charge in [0, 0.05) is 7.05 Å². The zero-order chi connectivity index (χ0) is 15.5. The lowest BCUT2D eigenvalue weighted by Crippen LogP contribution is -2.37. The predicted molar refractivity (Wildman–Crippen MR) is 73.9 cm³/mol. The quantitative estimate of drug-likeness (QED) is 0.799. The van der Waals surface area contributed by atoms with Crippen LogP contribution in [0.3, 0.4) is 0 Å². The van der Waals surface area contributed by atoms with Crippen LogP contribution >= 0.6 is 0 Å². The van der Waals surface area contributed by atoms with Gasteiger partial charge in [0.15, 0.2) is 0 Å². The Morgan fingerprint density at radius 1 is 1.40 bits per heavy atom. The highest BCUT2D eigenvalue weighted by molar-refractivity contribution is 5.75. The normalized spacial score (nSPS) is 12.7. The Kier molecular flexibility index (Phi) is 4.87. The highest BCUT2D eigenvalue weighted by Crippen LogP contribution is 2.24. The van der Waals surface area contributed by atoms with Crippen LogP contribution in [0.1, 0.15) is 37.9 Å². The second kappa shape index (κ2) is 6.03. The largest absolute Gasteiger partial charge is 0.444 e. The minimum atomic E-state index is -0.874. The van der Waals surface area contributed by atoms with E-state index in [1.54, 1.807) is 33.8 Å². The van der Waals surface area contributed by atoms with Gasteiger partial charge in [-0.25, -0.2) is 9.18 Å². The van der Waals surface area contributed by atoms with E-state index in [0.29, 0.717) is 17.4 Å². The number of hydrogen-bond donors (Lipinski definition) is 0. The molecule has 5 heteroatoms. The van der Waals surface area contributed by atoms with Crippen LogP contribution in [0.4, 0.5) is 9.18 Å². The minimum absolute atomic E-state index is 0.347. The molecule has 0 spiro atoms. The minimum Gasteiger partial charge on any atom is -0.444 e. The Balaban J connectivity index is 3.04. The third kappa shape index (κ3) is 3.79. The Morgan fingerprint density at radius 3 is 2.50 bits per heavy atom. The van der Waals surface area contributed by atoms with Gasteiger partial charge in [0.2, 0.25) is 0 Å². The maximum atomic E-state index is 13.6. The van der Waals surface area contributed by atoms with E-state index >= 15 is 0 Å². The number of rotatable bonds is 3. The highest BCUT2D eigenvalue weighted by Gasteiger charge is 2.27. The SMILES string of the molecule is Cc1c(F)cccc1C(C=O)N(C)C(=O)OC(C)(C)C. The van der Waals surface area contributed by atoms with Gasteiger partial charge < -0.3 is 9.53 Å². The van der Waals surface area contributed by atoms with E-state index in [-0.39, 0.29) is 0 Å². The second-order valence-corrected chi connectivity index (χ2v) is 5.63. The van der Waals surface area contributed by atoms with Gasteiger partial charge in [0.05, 0.1) is 0 Å². The smallest absolute Gasteiger partial charge is 0.410 e. The number of aldehydes is 1. The first-order valence-corrected chi connectivity index (χ1v) is 6.33. The van der Waals surface area contributed by atoms with Crippen LogP contribution in [0.2, 0.25) is 0 Å². The number of carbonyl (C=O) groups is 2. The number of carbonyl (C=O) groups excluding carboxylic acids is 2. The molecule has 1 unspecified atom stereocenters. The maximum Gasteiger partial charge on any atom is 0.410 e. The van der Waals surface area contributed by atoms with E-state index in [9.17, 15) is 14.0 Å². The van der Waals surface area contributed by atoms with Crippen molar-refractivity contribution in [2.75, 3.05) is 7.05 Å². The fourth-order valence-corrected chi connectivity index (χ4v) is 1.77. The summed E-state index contributed by atoms with van der Waals surface area (Å²) < 4.78 is 18.8. The van der Waals surface area contributed by atoms with Crippen molar-refractivity contribution in [1.29, 1.82) is 0 Å². The molecule has 0 bridgehead atoms. The Morgan fingerprint density at radius 2 is 2.00 bits per heavy atom. The summed E-state index contributed by atoms with van der Waals surface area (Å²) >= 11 is 0. The van der Waals surface area contributed by atoms with Crippen molar-refractivity contribution >= 4 is 12.4 Å². The first kappa shape index (κ1) is 16.1. The lowest BCUT2D eigenvalue weighted by atomic mass is 10.0. The van der Waals surface area contributed by atoms with Crippen LogP contribution in [0.15, 0.2) is 18.2 Å². The predicted octanol–water partition coefficient (Wildman–Crippen LogP) is 3.24. The van der Waals surface area contributed by atoms with E-state index in [1.165, 1.54) is 24.1 Å². The van der Waals surface area contributed by atoms with Crippen molar-refractivity contribution in [3.63, 3.8) is 0 Å². The average Bonchev–Trinajstić information content (AvgIpc) is 2.33. The number of nitrogens with zero attached hydrogens (tertiary/aromatic N) is 1. The molecule has 0 aliphatic heterocycles. The monoisotopic (exact) mass is 281 g/mol. The van der Waals surface area contributed by atoms with Crippen molar-refractivity contribution < 1.29 is 18.7 Å². The van der Waals surface area contributed by atoms with Gasteiger partial charge in [-0.1, -0.05) is 12.1 Å². The molecule has 0 aromatic heterocycles. The highest BCUT2D eigenvalue weighted by atomic mass is 19.1. The van der Waals surface area contributed by atoms with E-state index in [2.05, 4.69) is 0 Å². The standard InChI is InChI=1S/C15H20FNO3/c1-10-11(7-6-8-12(10)16)13(9-18)17(5)14(19)20-15(2,3)4/h6-9,13H,1-5H3. The van der Waals surface area contributed by atoms with Gasteiger partial charge in [-0.2, -0.15) is 0 Å². The molecule has 0 saturated carbocycles. The molecule has 0 saturated heterocycles. The van der Waals surface area contributed by atoms with Crippen LogP contribution in [0, 0.1) is 12.7 Å². The summed E-state index contributed by atoms with van der Waals surface area (Å²) in [5.41, 5.74) is 0.142. The first-order valence-electron chi connectivity index (χ1n) is 6.33. The van der Waals surface area contributed by atoms with Gasteiger partial charge in [0.1, 0.15) is 23.7 Å². The van der Waals surface area contributed by atoms with Gasteiger partial charge in [0.25, 0.3) is 0 Å². The summed E-state index contributed by atoms with van der Waals surface area (Å²) in [7, 11) is 1.46. The molecule has 20 heavy (non-hydrogen) atoms. The molecule has 4 nitrogen and oxygen atoms in total. The molecule has 0 radical (unpaired) electrons. The van der Waals surface area contributed by atoms with Gasteiger partial charge in [-0.3, -0.25) is 4.90 Å². The molecule has 0 aliphatic carbocycles. The second-order valence-electron chi connectivity index (χ2n) is 5.63. The molecule has 0 aliphatic rings. The van der Waals surface area contributed by atoms with Crippen molar-refractivity contribution in [1.82, 2.24) is 4.90 Å². The zero-order valence-electron chi connectivity index (χ0n) is 12.4.